The Hall–Kier alpha value is -4.05. The summed E-state index contributed by atoms with van der Waals surface area (Å²) < 4.78 is 17.0. The number of carbonyl (C=O) groups excluding carboxylic acids is 1. The van der Waals surface area contributed by atoms with Gasteiger partial charge in [0.2, 0.25) is 5.91 Å². The molecular weight excluding hydrogens is 485 g/mol. The molecule has 38 heavy (non-hydrogen) atoms. The van der Waals surface area contributed by atoms with Gasteiger partial charge in [0, 0.05) is 60.7 Å². The van der Waals surface area contributed by atoms with Gasteiger partial charge in [-0.15, -0.1) is 0 Å². The van der Waals surface area contributed by atoms with Crippen LogP contribution < -0.4 is 10.6 Å². The second-order valence-electron chi connectivity index (χ2n) is 10.8. The van der Waals surface area contributed by atoms with E-state index in [0.29, 0.717) is 53.2 Å². The van der Waals surface area contributed by atoms with Gasteiger partial charge in [-0.25, -0.2) is 9.37 Å². The van der Waals surface area contributed by atoms with Crippen molar-refractivity contribution < 1.29 is 14.3 Å². The first-order valence-electron chi connectivity index (χ1n) is 12.9. The van der Waals surface area contributed by atoms with Crippen LogP contribution in [0.3, 0.4) is 0 Å². The molecule has 3 N–H and O–H groups in total. The third kappa shape index (κ3) is 3.62. The molecule has 1 saturated carbocycles. The Balaban J connectivity index is 1.23. The molecule has 4 aromatic rings. The van der Waals surface area contributed by atoms with E-state index in [2.05, 4.69) is 25.7 Å². The average molecular weight is 514 g/mol. The van der Waals surface area contributed by atoms with Gasteiger partial charge in [0.1, 0.15) is 18.2 Å². The molecule has 3 aliphatic rings. The summed E-state index contributed by atoms with van der Waals surface area (Å²) in [7, 11) is 1.85. The van der Waals surface area contributed by atoms with Crippen molar-refractivity contribution in [2.45, 2.75) is 44.2 Å². The third-order valence-electron chi connectivity index (χ3n) is 8.18. The maximum Gasteiger partial charge on any atom is 0.244 e. The molecule has 5 heterocycles. The number of fused-ring (bicyclic) bond motifs is 4. The zero-order chi connectivity index (χ0) is 26.2. The quantitative estimate of drug-likeness (QED) is 0.380. The molecular formula is C28H28FN7O2. The molecule has 1 fully saturated rings. The van der Waals surface area contributed by atoms with Gasteiger partial charge in [-0.3, -0.25) is 14.5 Å². The number of benzene rings is 1. The molecule has 0 saturated heterocycles. The number of rotatable bonds is 3. The van der Waals surface area contributed by atoms with E-state index in [4.69, 9.17) is 0 Å². The topological polar surface area (TPSA) is 108 Å². The Morgan fingerprint density at radius 3 is 2.82 bits per heavy atom. The number of aliphatic hydroxyl groups is 1. The number of nitrogens with zero attached hydrogens (tertiary/aromatic N) is 5. The minimum absolute atomic E-state index is 0.0195. The molecule has 0 radical (unpaired) electrons. The number of hydrogen-bond donors (Lipinski definition) is 3. The Kier molecular flexibility index (Phi) is 5.00. The molecule has 10 heteroatoms. The van der Waals surface area contributed by atoms with Gasteiger partial charge in [0.05, 0.1) is 17.5 Å². The molecule has 194 valence electrons. The summed E-state index contributed by atoms with van der Waals surface area (Å²) in [5.74, 6) is 0.842. The first kappa shape index (κ1) is 23.1. The highest BCUT2D eigenvalue weighted by atomic mass is 19.1. The van der Waals surface area contributed by atoms with Crippen LogP contribution in [0.15, 0.2) is 36.7 Å². The van der Waals surface area contributed by atoms with Gasteiger partial charge in [0.25, 0.3) is 0 Å². The van der Waals surface area contributed by atoms with E-state index < -0.39 is 6.10 Å². The summed E-state index contributed by atoms with van der Waals surface area (Å²) in [6.45, 7) is 3.55. The fourth-order valence-corrected chi connectivity index (χ4v) is 5.89. The second-order valence-corrected chi connectivity index (χ2v) is 10.8. The number of halogens is 1. The van der Waals surface area contributed by atoms with Crippen LogP contribution in [0.1, 0.15) is 42.3 Å². The predicted molar refractivity (Wildman–Crippen MR) is 142 cm³/mol. The summed E-state index contributed by atoms with van der Waals surface area (Å²) in [5.41, 5.74) is 4.93. The highest BCUT2D eigenvalue weighted by Gasteiger charge is 2.50. The van der Waals surface area contributed by atoms with Crippen molar-refractivity contribution >= 4 is 34.0 Å². The number of aliphatic hydroxyl groups excluding tert-OH is 1. The zero-order valence-electron chi connectivity index (χ0n) is 21.3. The number of nitrogens with one attached hydrogen (secondary N) is 2. The summed E-state index contributed by atoms with van der Waals surface area (Å²) >= 11 is 0. The Bertz CT molecular complexity index is 1630. The lowest BCUT2D eigenvalue weighted by Gasteiger charge is -2.25. The third-order valence-corrected chi connectivity index (χ3v) is 8.18. The van der Waals surface area contributed by atoms with E-state index in [9.17, 15) is 9.90 Å². The van der Waals surface area contributed by atoms with Gasteiger partial charge in [0.15, 0.2) is 5.82 Å². The highest BCUT2D eigenvalue weighted by Crippen LogP contribution is 2.50. The Labute approximate surface area is 218 Å². The lowest BCUT2D eigenvalue weighted by atomic mass is 9.95. The van der Waals surface area contributed by atoms with Gasteiger partial charge < -0.3 is 20.6 Å². The van der Waals surface area contributed by atoms with E-state index in [0.717, 1.165) is 35.3 Å². The zero-order valence-corrected chi connectivity index (χ0v) is 21.3. The number of likely N-dealkylation sites (N-methyl/N-ethyl adjacent to an activating group) is 1. The van der Waals surface area contributed by atoms with Crippen LogP contribution in [0, 0.1) is 12.7 Å². The lowest BCUT2D eigenvalue weighted by molar-refractivity contribution is -0.130. The van der Waals surface area contributed by atoms with E-state index in [1.165, 1.54) is 12.3 Å². The molecule has 1 aliphatic carbocycles. The van der Waals surface area contributed by atoms with Crippen LogP contribution in [-0.4, -0.2) is 55.8 Å². The first-order chi connectivity index (χ1) is 18.3. The van der Waals surface area contributed by atoms with Crippen LogP contribution in [0.2, 0.25) is 0 Å². The van der Waals surface area contributed by atoms with E-state index in [-0.39, 0.29) is 23.7 Å². The fourth-order valence-electron chi connectivity index (χ4n) is 5.89. The summed E-state index contributed by atoms with van der Waals surface area (Å²) in [5, 5.41) is 22.7. The van der Waals surface area contributed by atoms with Gasteiger partial charge in [-0.1, -0.05) is 0 Å². The molecule has 1 spiro atoms. The maximum absolute atomic E-state index is 15.2. The van der Waals surface area contributed by atoms with Crippen molar-refractivity contribution in [3.63, 3.8) is 0 Å². The molecule has 1 amide bonds. The van der Waals surface area contributed by atoms with Crippen LogP contribution in [0.4, 0.5) is 21.7 Å². The molecule has 7 rings (SSSR count). The molecule has 0 unspecified atom stereocenters. The highest BCUT2D eigenvalue weighted by molar-refractivity contribution is 5.90. The van der Waals surface area contributed by atoms with Crippen LogP contribution >= 0.6 is 0 Å². The Morgan fingerprint density at radius 2 is 2.00 bits per heavy atom. The predicted octanol–water partition coefficient (Wildman–Crippen LogP) is 4.04. The number of hydrogen-bond acceptors (Lipinski definition) is 7. The van der Waals surface area contributed by atoms with Crippen molar-refractivity contribution in [2.24, 2.45) is 0 Å². The minimum atomic E-state index is -0.598. The van der Waals surface area contributed by atoms with Crippen LogP contribution in [0.5, 0.6) is 0 Å². The lowest BCUT2D eigenvalue weighted by Crippen LogP contribution is -2.32. The average Bonchev–Trinajstić information content (AvgIpc) is 3.57. The number of anilines is 3. The fraction of sp³-hybridized carbons (Fsp3) is 0.357. The standard InChI is InChI=1S/C28H28FN7O2/c1-15-18(11-32-27-21(37)3-6-30-26(15)27)16-7-17-9-23(31-12-19(17)20(29)8-16)33-24-10-22-28(4-5-28)14-35(2)25(38)13-36(22)34-24/h7-12,21,30,37H,3-6,13-14H2,1-2H3,(H,31,33,34)/t21-/m0/s1. The molecule has 1 atom stereocenters. The summed E-state index contributed by atoms with van der Waals surface area (Å²) in [6, 6.07) is 7.24. The summed E-state index contributed by atoms with van der Waals surface area (Å²) in [6.07, 6.45) is 5.32. The minimum Gasteiger partial charge on any atom is -0.387 e. The molecule has 1 aromatic carbocycles. The van der Waals surface area contributed by atoms with Crippen molar-refractivity contribution in [3.05, 3.63) is 59.4 Å². The monoisotopic (exact) mass is 513 g/mol. The van der Waals surface area contributed by atoms with Crippen molar-refractivity contribution in [1.29, 1.82) is 0 Å². The molecule has 3 aromatic heterocycles. The largest absolute Gasteiger partial charge is 0.387 e. The van der Waals surface area contributed by atoms with E-state index in [1.807, 2.05) is 32.2 Å². The van der Waals surface area contributed by atoms with Crippen molar-refractivity contribution in [1.82, 2.24) is 24.6 Å². The Morgan fingerprint density at radius 1 is 1.16 bits per heavy atom. The van der Waals surface area contributed by atoms with Crippen LogP contribution in [-0.2, 0) is 16.8 Å². The smallest absolute Gasteiger partial charge is 0.244 e. The van der Waals surface area contributed by atoms with Gasteiger partial charge in [-0.05, 0) is 60.9 Å². The van der Waals surface area contributed by atoms with Crippen molar-refractivity contribution in [3.8, 4) is 11.1 Å². The molecule has 2 aliphatic heterocycles. The molecule has 0 bridgehead atoms. The first-order valence-corrected chi connectivity index (χ1v) is 12.9. The SMILES string of the molecule is Cc1c(-c2cc(F)c3cnc(Nc4cc5n(n4)CC(=O)N(C)CC54CC4)cc3c2)cnc2c1NCC[C@@H]2O. The van der Waals surface area contributed by atoms with E-state index >= 15 is 4.39 Å². The number of carbonyl (C=O) groups is 1. The van der Waals surface area contributed by atoms with Crippen LogP contribution in [0.25, 0.3) is 21.9 Å². The normalized spacial score (nSPS) is 19.6. The number of amides is 1. The second kappa shape index (κ2) is 8.22. The van der Waals surface area contributed by atoms with Gasteiger partial charge >= 0.3 is 0 Å². The molecule has 9 nitrogen and oxygen atoms in total. The maximum atomic E-state index is 15.2. The van der Waals surface area contributed by atoms with E-state index in [1.54, 1.807) is 15.8 Å². The number of aromatic nitrogens is 4. The number of pyridine rings is 2. The van der Waals surface area contributed by atoms with Gasteiger partial charge in [-0.2, -0.15) is 5.10 Å². The summed E-state index contributed by atoms with van der Waals surface area (Å²) in [4.78, 5) is 23.2. The van der Waals surface area contributed by atoms with Crippen molar-refractivity contribution in [2.75, 3.05) is 30.8 Å².